The maximum Gasteiger partial charge on any atom is 0.251 e. The molecule has 3 aromatic rings. The maximum absolute atomic E-state index is 15.8. The molecule has 3 aliphatic carbocycles. The first kappa shape index (κ1) is 42.5. The van der Waals surface area contributed by atoms with Crippen molar-refractivity contribution in [1.82, 2.24) is 25.6 Å². The van der Waals surface area contributed by atoms with Gasteiger partial charge < -0.3 is 36.0 Å². The van der Waals surface area contributed by atoms with E-state index in [1.807, 2.05) is 62.3 Å². The van der Waals surface area contributed by atoms with Crippen molar-refractivity contribution in [2.45, 2.75) is 83.8 Å². The minimum atomic E-state index is -0.903. The summed E-state index contributed by atoms with van der Waals surface area (Å²) in [5.41, 5.74) is 9.87. The molecule has 1 aromatic heterocycles. The van der Waals surface area contributed by atoms with Crippen molar-refractivity contribution in [2.75, 3.05) is 53.3 Å². The van der Waals surface area contributed by atoms with Crippen molar-refractivity contribution in [2.24, 2.45) is 34.8 Å². The average molecular weight is 788 g/mol. The Bertz CT molecular complexity index is 1890. The largest absolute Gasteiger partial charge is 0.496 e. The number of methoxy groups -OCH3 is 1. The fourth-order valence-corrected chi connectivity index (χ4v) is 9.72. The fraction of sp³-hybridized carbons (Fsp3) is 0.568. The molecule has 310 valence electrons. The summed E-state index contributed by atoms with van der Waals surface area (Å²) in [5, 5.41) is 19.1. The lowest BCUT2D eigenvalue weighted by Crippen LogP contribution is -2.62. The Balaban J connectivity index is 1.31. The number of anilines is 1. The van der Waals surface area contributed by atoms with E-state index in [2.05, 4.69) is 36.4 Å². The van der Waals surface area contributed by atoms with Crippen LogP contribution in [0.15, 0.2) is 54.7 Å². The van der Waals surface area contributed by atoms with Gasteiger partial charge in [0.2, 0.25) is 5.91 Å². The van der Waals surface area contributed by atoms with Gasteiger partial charge in [-0.2, -0.15) is 5.06 Å². The maximum atomic E-state index is 15.8. The summed E-state index contributed by atoms with van der Waals surface area (Å²) in [7, 11) is 9.19. The van der Waals surface area contributed by atoms with Gasteiger partial charge in [-0.1, -0.05) is 26.8 Å². The molecular weight excluding hydrogens is 726 g/mol. The van der Waals surface area contributed by atoms with E-state index in [1.54, 1.807) is 25.3 Å². The number of benzene rings is 2. The molecule has 4 aliphatic rings. The number of hydroxylamine groups is 2. The van der Waals surface area contributed by atoms with Crippen LogP contribution in [-0.4, -0.2) is 111 Å². The van der Waals surface area contributed by atoms with E-state index >= 15 is 4.39 Å². The van der Waals surface area contributed by atoms with E-state index < -0.39 is 30.0 Å². The predicted molar refractivity (Wildman–Crippen MR) is 220 cm³/mol. The zero-order valence-corrected chi connectivity index (χ0v) is 35.0. The number of aromatic nitrogens is 1. The predicted octanol–water partition coefficient (Wildman–Crippen LogP) is 4.49. The number of fused-ring (bicyclic) bond motifs is 2. The van der Waals surface area contributed by atoms with Gasteiger partial charge in [-0.05, 0) is 105 Å². The minimum absolute atomic E-state index is 0.00143. The summed E-state index contributed by atoms with van der Waals surface area (Å²) >= 11 is 0. The van der Waals surface area contributed by atoms with Crippen molar-refractivity contribution in [3.05, 3.63) is 77.4 Å². The summed E-state index contributed by atoms with van der Waals surface area (Å²) in [5.74, 6) is 0.0832. The third-order valence-electron chi connectivity index (χ3n) is 12.9. The summed E-state index contributed by atoms with van der Waals surface area (Å²) in [6, 6.07) is 12.8. The van der Waals surface area contributed by atoms with Crippen LogP contribution in [0.25, 0.3) is 11.1 Å². The highest BCUT2D eigenvalue weighted by Crippen LogP contribution is 2.61. The van der Waals surface area contributed by atoms with Crippen molar-refractivity contribution >= 4 is 17.5 Å². The van der Waals surface area contributed by atoms with Crippen molar-refractivity contribution in [3.63, 3.8) is 0 Å². The number of rotatable bonds is 15. The van der Waals surface area contributed by atoms with Crippen LogP contribution in [0.4, 0.5) is 10.1 Å². The lowest BCUT2D eigenvalue weighted by Gasteiger charge is -2.62. The molecule has 0 radical (unpaired) electrons. The standard InChI is InChI=1S/C44H62FN7O5/c1-25-36-18-30(44(36,3)4)19-37(25)49-43(55)40-39(26(2)53)38(22-46)57-52(40)23-29-15-31(45)20-35(41(29)56-9)27-14-28(17-34(16-27)51(7)8)42(54)48-33(24-50(5)6)21-32-12-10-11-13-47-32/h10-17,20,25-26,30,33,36-40,53H,18-19,21-24,46H2,1-9H3,(H,48,54)(H,49,55)/t25-,26-,30+,33-,36+,37-,38-,39+,40-/m0/s1. The molecule has 1 saturated heterocycles. The van der Waals surface area contributed by atoms with Crippen LogP contribution < -0.4 is 26.0 Å². The molecule has 2 heterocycles. The normalized spacial score (nSPS) is 26.4. The number of ether oxygens (including phenoxy) is 1. The molecule has 5 N–H and O–H groups in total. The third kappa shape index (κ3) is 8.97. The molecular formula is C44H62FN7O5. The van der Waals surface area contributed by atoms with Crippen LogP contribution in [0, 0.1) is 34.9 Å². The number of nitrogens with zero attached hydrogens (tertiary/aromatic N) is 4. The Labute approximate surface area is 337 Å². The van der Waals surface area contributed by atoms with Crippen LogP contribution in [0.1, 0.15) is 62.2 Å². The van der Waals surface area contributed by atoms with Gasteiger partial charge >= 0.3 is 0 Å². The number of aliphatic hydroxyl groups excluding tert-OH is 1. The first-order valence-electron chi connectivity index (χ1n) is 20.2. The van der Waals surface area contributed by atoms with Gasteiger partial charge in [0, 0.05) is 85.9 Å². The molecule has 57 heavy (non-hydrogen) atoms. The number of pyridine rings is 1. The number of hydrogen-bond donors (Lipinski definition) is 4. The number of likely N-dealkylation sites (N-methyl/N-ethyl adjacent to an activating group) is 1. The van der Waals surface area contributed by atoms with Gasteiger partial charge in [0.1, 0.15) is 17.6 Å². The Hall–Kier alpha value is -4.14. The van der Waals surface area contributed by atoms with E-state index in [0.29, 0.717) is 58.7 Å². The van der Waals surface area contributed by atoms with E-state index in [-0.39, 0.29) is 42.4 Å². The van der Waals surface area contributed by atoms with Crippen LogP contribution in [0.5, 0.6) is 5.75 Å². The number of amides is 2. The highest BCUT2D eigenvalue weighted by molar-refractivity contribution is 5.97. The lowest BCUT2D eigenvalue weighted by molar-refractivity contribution is -0.175. The molecule has 13 heteroatoms. The van der Waals surface area contributed by atoms with Crippen molar-refractivity contribution in [1.29, 1.82) is 0 Å². The number of nitrogens with one attached hydrogen (secondary N) is 2. The number of halogens is 1. The van der Waals surface area contributed by atoms with E-state index in [4.69, 9.17) is 15.3 Å². The van der Waals surface area contributed by atoms with Gasteiger partial charge in [0.25, 0.3) is 5.91 Å². The highest BCUT2D eigenvalue weighted by atomic mass is 19.1. The Morgan fingerprint density at radius 3 is 2.49 bits per heavy atom. The summed E-state index contributed by atoms with van der Waals surface area (Å²) < 4.78 is 21.8. The number of hydrogen-bond acceptors (Lipinski definition) is 10. The van der Waals surface area contributed by atoms with Crippen molar-refractivity contribution < 1.29 is 28.7 Å². The van der Waals surface area contributed by atoms with Crippen LogP contribution in [-0.2, 0) is 22.6 Å². The quantitative estimate of drug-likeness (QED) is 0.174. The van der Waals surface area contributed by atoms with Crippen LogP contribution in [0.3, 0.4) is 0 Å². The highest BCUT2D eigenvalue weighted by Gasteiger charge is 2.57. The second kappa shape index (κ2) is 17.4. The monoisotopic (exact) mass is 787 g/mol. The van der Waals surface area contributed by atoms with Gasteiger partial charge in [-0.3, -0.25) is 19.4 Å². The zero-order chi connectivity index (χ0) is 41.3. The number of carbonyl (C=O) groups excluding carboxylic acids is 2. The molecule has 0 unspecified atom stereocenters. The van der Waals surface area contributed by atoms with Crippen molar-refractivity contribution in [3.8, 4) is 16.9 Å². The molecule has 0 spiro atoms. The number of carbonyl (C=O) groups is 2. The van der Waals surface area contributed by atoms with Gasteiger partial charge in [-0.15, -0.1) is 0 Å². The minimum Gasteiger partial charge on any atom is -0.496 e. The van der Waals surface area contributed by atoms with Gasteiger partial charge in [0.15, 0.2) is 0 Å². The molecule has 2 amide bonds. The first-order chi connectivity index (χ1) is 27.0. The van der Waals surface area contributed by atoms with E-state index in [1.165, 1.54) is 30.7 Å². The van der Waals surface area contributed by atoms with Gasteiger partial charge in [0.05, 0.1) is 25.9 Å². The second-order valence-corrected chi connectivity index (χ2v) is 17.6. The summed E-state index contributed by atoms with van der Waals surface area (Å²) in [6.45, 7) is 9.16. The molecule has 9 atom stereocenters. The Kier molecular flexibility index (Phi) is 12.9. The van der Waals surface area contributed by atoms with Crippen LogP contribution in [0.2, 0.25) is 0 Å². The fourth-order valence-electron chi connectivity index (χ4n) is 9.72. The Morgan fingerprint density at radius 1 is 1.14 bits per heavy atom. The molecule has 1 aliphatic heterocycles. The molecule has 4 fully saturated rings. The molecule has 2 aromatic carbocycles. The summed E-state index contributed by atoms with van der Waals surface area (Å²) in [4.78, 5) is 43.0. The molecule has 2 bridgehead atoms. The zero-order valence-electron chi connectivity index (χ0n) is 35.0. The van der Waals surface area contributed by atoms with Crippen LogP contribution >= 0.6 is 0 Å². The second-order valence-electron chi connectivity index (χ2n) is 17.6. The third-order valence-corrected chi connectivity index (χ3v) is 12.9. The molecule has 7 rings (SSSR count). The molecule has 3 saturated carbocycles. The van der Waals surface area contributed by atoms with Gasteiger partial charge in [-0.25, -0.2) is 4.39 Å². The topological polar surface area (TPSA) is 146 Å². The number of nitrogens with two attached hydrogens (primary N) is 1. The van der Waals surface area contributed by atoms with E-state index in [0.717, 1.165) is 17.8 Å². The summed E-state index contributed by atoms with van der Waals surface area (Å²) in [6.07, 6.45) is 2.83. The Morgan fingerprint density at radius 2 is 1.89 bits per heavy atom. The average Bonchev–Trinajstić information content (AvgIpc) is 3.53. The SMILES string of the molecule is COc1c(CN2O[C@@H](CN)[C@@H]([C@H](C)O)[C@H]2C(=O)N[C@H]2C[C@H]3C[C@H]([C@@H]2C)C3(C)C)cc(F)cc1-c1cc(C(=O)N[C@@H](Cc2ccccn2)CN(C)C)cc(N(C)C)c1. The van der Waals surface area contributed by atoms with E-state index in [9.17, 15) is 14.7 Å². The first-order valence-corrected chi connectivity index (χ1v) is 20.2. The number of aliphatic hydroxyl groups is 1. The lowest BCUT2D eigenvalue weighted by atomic mass is 9.45. The molecule has 12 nitrogen and oxygen atoms in total. The smallest absolute Gasteiger partial charge is 0.251 e.